The van der Waals surface area contributed by atoms with Crippen LogP contribution in [0.3, 0.4) is 0 Å². The summed E-state index contributed by atoms with van der Waals surface area (Å²) in [6.45, 7) is -0.215. The van der Waals surface area contributed by atoms with Crippen molar-refractivity contribution in [2.24, 2.45) is 0 Å². The zero-order chi connectivity index (χ0) is 14.0. The lowest BCUT2D eigenvalue weighted by Gasteiger charge is -2.40. The van der Waals surface area contributed by atoms with E-state index in [2.05, 4.69) is 5.32 Å². The molecule has 0 unspecified atom stereocenters. The van der Waals surface area contributed by atoms with E-state index >= 15 is 0 Å². The summed E-state index contributed by atoms with van der Waals surface area (Å²) in [4.78, 5) is 22.0. The smallest absolute Gasteiger partial charge is 0.285 e. The molecule has 19 heavy (non-hydrogen) atoms. The predicted octanol–water partition coefficient (Wildman–Crippen LogP) is 1.38. The number of nitro groups is 1. The van der Waals surface area contributed by atoms with Gasteiger partial charge in [0.05, 0.1) is 23.1 Å². The van der Waals surface area contributed by atoms with Gasteiger partial charge in [0.2, 0.25) is 0 Å². The number of amides is 1. The van der Waals surface area contributed by atoms with Gasteiger partial charge in [-0.05, 0) is 31.4 Å². The lowest BCUT2D eigenvalue weighted by Crippen LogP contribution is -2.56. The molecule has 1 aromatic carbocycles. The number of carbonyl (C=O) groups is 1. The quantitative estimate of drug-likeness (QED) is 0.637. The highest BCUT2D eigenvalue weighted by Gasteiger charge is 2.38. The molecular formula is C12H13FN2O4. The standard InChI is InChI=1S/C12H13FN2O4/c13-8-2-3-9(10(6-8)15(18)19)11(17)14-12(7-16)4-1-5-12/h2-3,6,16H,1,4-5,7H2,(H,14,17). The third-order valence-corrected chi connectivity index (χ3v) is 3.39. The first-order valence-electron chi connectivity index (χ1n) is 5.85. The molecule has 1 fully saturated rings. The minimum Gasteiger partial charge on any atom is -0.394 e. The fourth-order valence-electron chi connectivity index (χ4n) is 2.08. The van der Waals surface area contributed by atoms with E-state index in [4.69, 9.17) is 0 Å². The Morgan fingerprint density at radius 2 is 2.21 bits per heavy atom. The van der Waals surface area contributed by atoms with Crippen LogP contribution < -0.4 is 5.32 Å². The first kappa shape index (κ1) is 13.4. The van der Waals surface area contributed by atoms with Gasteiger partial charge in [0.15, 0.2) is 0 Å². The van der Waals surface area contributed by atoms with Crippen LogP contribution in [0.25, 0.3) is 0 Å². The SMILES string of the molecule is O=C(NC1(CO)CCC1)c1ccc(F)cc1[N+](=O)[O-]. The van der Waals surface area contributed by atoms with Gasteiger partial charge < -0.3 is 10.4 Å². The molecule has 1 aliphatic carbocycles. The number of hydrogen-bond acceptors (Lipinski definition) is 4. The molecule has 1 aromatic rings. The molecule has 0 bridgehead atoms. The second-order valence-corrected chi connectivity index (χ2v) is 4.66. The molecular weight excluding hydrogens is 255 g/mol. The molecule has 0 saturated heterocycles. The highest BCUT2D eigenvalue weighted by atomic mass is 19.1. The molecule has 1 saturated carbocycles. The summed E-state index contributed by atoms with van der Waals surface area (Å²) in [5.41, 5.74) is -1.48. The van der Waals surface area contributed by atoms with E-state index in [9.17, 15) is 24.4 Å². The van der Waals surface area contributed by atoms with Crippen molar-refractivity contribution >= 4 is 11.6 Å². The van der Waals surface area contributed by atoms with E-state index < -0.39 is 27.9 Å². The molecule has 0 spiro atoms. The van der Waals surface area contributed by atoms with Gasteiger partial charge in [-0.1, -0.05) is 0 Å². The van der Waals surface area contributed by atoms with Gasteiger partial charge >= 0.3 is 0 Å². The molecule has 0 atom stereocenters. The van der Waals surface area contributed by atoms with Gasteiger partial charge in [-0.25, -0.2) is 4.39 Å². The second kappa shape index (κ2) is 4.93. The molecule has 2 rings (SSSR count). The van der Waals surface area contributed by atoms with E-state index in [1.165, 1.54) is 0 Å². The van der Waals surface area contributed by atoms with Crippen molar-refractivity contribution in [2.75, 3.05) is 6.61 Å². The normalized spacial score (nSPS) is 16.5. The number of carbonyl (C=O) groups excluding carboxylic acids is 1. The Kier molecular flexibility index (Phi) is 3.48. The number of aliphatic hydroxyl groups excluding tert-OH is 1. The van der Waals surface area contributed by atoms with Crippen LogP contribution in [0.4, 0.5) is 10.1 Å². The van der Waals surface area contributed by atoms with Crippen LogP contribution in [-0.4, -0.2) is 28.1 Å². The zero-order valence-electron chi connectivity index (χ0n) is 10.1. The van der Waals surface area contributed by atoms with Crippen molar-refractivity contribution in [3.63, 3.8) is 0 Å². The van der Waals surface area contributed by atoms with Crippen molar-refractivity contribution < 1.29 is 19.2 Å². The molecule has 1 amide bonds. The van der Waals surface area contributed by atoms with Crippen LogP contribution in [0, 0.1) is 15.9 Å². The summed E-state index contributed by atoms with van der Waals surface area (Å²) in [7, 11) is 0. The average molecular weight is 268 g/mol. The highest BCUT2D eigenvalue weighted by Crippen LogP contribution is 2.32. The molecule has 6 nitrogen and oxygen atoms in total. The van der Waals surface area contributed by atoms with Crippen molar-refractivity contribution in [1.29, 1.82) is 0 Å². The minimum atomic E-state index is -0.801. The van der Waals surface area contributed by atoms with Gasteiger partial charge in [-0.3, -0.25) is 14.9 Å². The number of halogens is 1. The number of benzene rings is 1. The number of nitrogens with one attached hydrogen (secondary N) is 1. The molecule has 0 aliphatic heterocycles. The Labute approximate surface area is 108 Å². The Bertz CT molecular complexity index is 523. The van der Waals surface area contributed by atoms with Gasteiger partial charge in [-0.2, -0.15) is 0 Å². The summed E-state index contributed by atoms with van der Waals surface area (Å²) in [5, 5.41) is 22.6. The minimum absolute atomic E-state index is 0.203. The van der Waals surface area contributed by atoms with Gasteiger partial charge in [0.25, 0.3) is 11.6 Å². The molecule has 1 aliphatic rings. The van der Waals surface area contributed by atoms with Gasteiger partial charge in [-0.15, -0.1) is 0 Å². The predicted molar refractivity (Wildman–Crippen MR) is 64.2 cm³/mol. The number of nitro benzene ring substituents is 1. The summed E-state index contributed by atoms with van der Waals surface area (Å²) >= 11 is 0. The van der Waals surface area contributed by atoms with Crippen LogP contribution in [-0.2, 0) is 0 Å². The summed E-state index contributed by atoms with van der Waals surface area (Å²) < 4.78 is 13.0. The lowest BCUT2D eigenvalue weighted by molar-refractivity contribution is -0.385. The topological polar surface area (TPSA) is 92.5 Å². The fraction of sp³-hybridized carbons (Fsp3) is 0.417. The van der Waals surface area contributed by atoms with Gasteiger partial charge in [0.1, 0.15) is 11.4 Å². The van der Waals surface area contributed by atoms with Crippen LogP contribution in [0.1, 0.15) is 29.6 Å². The Hall–Kier alpha value is -2.02. The van der Waals surface area contributed by atoms with E-state index in [0.29, 0.717) is 18.9 Å². The third kappa shape index (κ3) is 2.55. The number of hydrogen-bond donors (Lipinski definition) is 2. The number of nitrogens with zero attached hydrogens (tertiary/aromatic N) is 1. The van der Waals surface area contributed by atoms with Gasteiger partial charge in [0, 0.05) is 0 Å². The molecule has 2 N–H and O–H groups in total. The van der Waals surface area contributed by atoms with Crippen molar-refractivity contribution in [2.45, 2.75) is 24.8 Å². The zero-order valence-corrected chi connectivity index (χ0v) is 10.1. The Morgan fingerprint density at radius 1 is 1.53 bits per heavy atom. The first-order chi connectivity index (χ1) is 8.97. The van der Waals surface area contributed by atoms with Crippen LogP contribution in [0.5, 0.6) is 0 Å². The van der Waals surface area contributed by atoms with Crippen LogP contribution in [0.15, 0.2) is 18.2 Å². The summed E-state index contributed by atoms with van der Waals surface area (Å²) in [5.74, 6) is -1.44. The van der Waals surface area contributed by atoms with E-state index in [-0.39, 0.29) is 12.2 Å². The summed E-state index contributed by atoms with van der Waals surface area (Å²) in [6.07, 6.45) is 2.14. The Morgan fingerprint density at radius 3 is 2.68 bits per heavy atom. The fourth-order valence-corrected chi connectivity index (χ4v) is 2.08. The number of aliphatic hydroxyl groups is 1. The maximum atomic E-state index is 13.0. The third-order valence-electron chi connectivity index (χ3n) is 3.39. The maximum Gasteiger partial charge on any atom is 0.285 e. The molecule has 0 radical (unpaired) electrons. The van der Waals surface area contributed by atoms with Crippen molar-refractivity contribution in [3.8, 4) is 0 Å². The van der Waals surface area contributed by atoms with E-state index in [0.717, 1.165) is 18.6 Å². The van der Waals surface area contributed by atoms with E-state index in [1.54, 1.807) is 0 Å². The van der Waals surface area contributed by atoms with Crippen LogP contribution >= 0.6 is 0 Å². The maximum absolute atomic E-state index is 13.0. The van der Waals surface area contributed by atoms with Crippen molar-refractivity contribution in [3.05, 3.63) is 39.7 Å². The van der Waals surface area contributed by atoms with Crippen molar-refractivity contribution in [1.82, 2.24) is 5.32 Å². The average Bonchev–Trinajstić information content (AvgIpc) is 2.33. The molecule has 0 aromatic heterocycles. The summed E-state index contributed by atoms with van der Waals surface area (Å²) in [6, 6.07) is 2.78. The number of rotatable bonds is 4. The van der Waals surface area contributed by atoms with E-state index in [1.807, 2.05) is 0 Å². The second-order valence-electron chi connectivity index (χ2n) is 4.66. The monoisotopic (exact) mass is 268 g/mol. The molecule has 7 heteroatoms. The van der Waals surface area contributed by atoms with Crippen LogP contribution in [0.2, 0.25) is 0 Å². The largest absolute Gasteiger partial charge is 0.394 e. The lowest BCUT2D eigenvalue weighted by atomic mass is 9.77. The molecule has 0 heterocycles. The molecule has 102 valence electrons. The Balaban J connectivity index is 2.26. The first-order valence-corrected chi connectivity index (χ1v) is 5.85. The highest BCUT2D eigenvalue weighted by molar-refractivity contribution is 5.98.